The molecule has 0 spiro atoms. The monoisotopic (exact) mass is 436 g/mol. The van der Waals surface area contributed by atoms with Gasteiger partial charge in [-0.2, -0.15) is 9.78 Å². The predicted octanol–water partition coefficient (Wildman–Crippen LogP) is 1.67. The van der Waals surface area contributed by atoms with E-state index in [2.05, 4.69) is 16.2 Å². The summed E-state index contributed by atoms with van der Waals surface area (Å²) in [6, 6.07) is 11.4. The Hall–Kier alpha value is -2.22. The van der Waals surface area contributed by atoms with Crippen LogP contribution < -0.4 is 5.56 Å². The van der Waals surface area contributed by atoms with Gasteiger partial charge in [-0.05, 0) is 28.2 Å². The van der Waals surface area contributed by atoms with E-state index in [-0.39, 0.29) is 31.1 Å². The van der Waals surface area contributed by atoms with Gasteiger partial charge in [0.2, 0.25) is 0 Å². The average Bonchev–Trinajstić information content (AvgIpc) is 2.98. The predicted molar refractivity (Wildman–Crippen MR) is 95.4 cm³/mol. The SMILES string of the molecule is N#Cc1[nH]n2c(=O)c(I)c(COCCO)nc2c1-c1ccccc1. The molecular formula is C16H13IN4O3. The number of halogens is 1. The third-order valence-electron chi connectivity index (χ3n) is 3.44. The Kier molecular flexibility index (Phi) is 4.94. The quantitative estimate of drug-likeness (QED) is 0.468. The summed E-state index contributed by atoms with van der Waals surface area (Å²) in [6.45, 7) is 0.181. The van der Waals surface area contributed by atoms with Crippen LogP contribution in [0.4, 0.5) is 0 Å². The Morgan fingerprint density at radius 1 is 1.38 bits per heavy atom. The first-order chi connectivity index (χ1) is 11.7. The normalized spacial score (nSPS) is 10.9. The summed E-state index contributed by atoms with van der Waals surface area (Å²) < 4.78 is 6.98. The lowest BCUT2D eigenvalue weighted by atomic mass is 10.1. The van der Waals surface area contributed by atoms with Gasteiger partial charge in [0.15, 0.2) is 5.65 Å². The molecule has 0 bridgehead atoms. The fraction of sp³-hybridized carbons (Fsp3) is 0.188. The van der Waals surface area contributed by atoms with E-state index in [0.717, 1.165) is 5.56 Å². The molecule has 8 heteroatoms. The number of nitrogens with one attached hydrogen (secondary N) is 1. The van der Waals surface area contributed by atoms with E-state index in [1.807, 2.05) is 52.9 Å². The van der Waals surface area contributed by atoms with Crippen LogP contribution in [0.2, 0.25) is 0 Å². The highest BCUT2D eigenvalue weighted by Gasteiger charge is 2.19. The molecule has 3 rings (SSSR count). The summed E-state index contributed by atoms with van der Waals surface area (Å²) in [5.41, 5.74) is 2.22. The molecule has 0 atom stereocenters. The van der Waals surface area contributed by atoms with Crippen LogP contribution in [-0.4, -0.2) is 32.9 Å². The second kappa shape index (κ2) is 7.12. The van der Waals surface area contributed by atoms with E-state index in [1.165, 1.54) is 4.52 Å². The molecular weight excluding hydrogens is 423 g/mol. The lowest BCUT2D eigenvalue weighted by Crippen LogP contribution is -2.21. The minimum Gasteiger partial charge on any atom is -0.394 e. The molecule has 3 aromatic rings. The number of nitriles is 1. The number of aliphatic hydroxyl groups excluding tert-OH is 1. The van der Waals surface area contributed by atoms with Gasteiger partial charge in [0.1, 0.15) is 15.3 Å². The zero-order chi connectivity index (χ0) is 17.1. The number of benzene rings is 1. The maximum absolute atomic E-state index is 12.6. The summed E-state index contributed by atoms with van der Waals surface area (Å²) >= 11 is 1.91. The van der Waals surface area contributed by atoms with Gasteiger partial charge in [-0.1, -0.05) is 30.3 Å². The number of hydrogen-bond donors (Lipinski definition) is 2. The van der Waals surface area contributed by atoms with Crippen LogP contribution in [0.5, 0.6) is 0 Å². The highest BCUT2D eigenvalue weighted by molar-refractivity contribution is 14.1. The zero-order valence-corrected chi connectivity index (χ0v) is 14.6. The molecule has 0 saturated carbocycles. The van der Waals surface area contributed by atoms with Crippen molar-refractivity contribution in [3.8, 4) is 17.2 Å². The van der Waals surface area contributed by atoms with E-state index in [1.54, 1.807) is 0 Å². The molecule has 0 amide bonds. The smallest absolute Gasteiger partial charge is 0.286 e. The molecule has 24 heavy (non-hydrogen) atoms. The maximum atomic E-state index is 12.6. The molecule has 0 aliphatic heterocycles. The van der Waals surface area contributed by atoms with Crippen LogP contribution in [0.1, 0.15) is 11.4 Å². The van der Waals surface area contributed by atoms with Crippen molar-refractivity contribution in [1.29, 1.82) is 5.26 Å². The first kappa shape index (κ1) is 16.6. The Balaban J connectivity index is 2.24. The molecule has 122 valence electrons. The standard InChI is InChI=1S/C16H13IN4O3/c17-14-12(9-24-7-6-22)19-15-13(10-4-2-1-3-5-10)11(8-18)20-21(15)16(14)23/h1-5,20,22H,6-7,9H2. The highest BCUT2D eigenvalue weighted by Crippen LogP contribution is 2.27. The topological polar surface area (TPSA) is 103 Å². The van der Waals surface area contributed by atoms with Crippen LogP contribution in [0.15, 0.2) is 35.1 Å². The van der Waals surface area contributed by atoms with Crippen molar-refractivity contribution in [3.63, 3.8) is 0 Å². The van der Waals surface area contributed by atoms with Gasteiger partial charge < -0.3 is 9.84 Å². The van der Waals surface area contributed by atoms with Crippen LogP contribution in [0, 0.1) is 14.9 Å². The summed E-state index contributed by atoms with van der Waals surface area (Å²) in [5, 5.41) is 21.0. The Morgan fingerprint density at radius 2 is 2.12 bits per heavy atom. The second-order valence-corrected chi connectivity index (χ2v) is 6.03. The number of ether oxygens (including phenoxy) is 1. The number of hydrogen-bond acceptors (Lipinski definition) is 5. The first-order valence-corrected chi connectivity index (χ1v) is 8.22. The zero-order valence-electron chi connectivity index (χ0n) is 12.5. The van der Waals surface area contributed by atoms with Gasteiger partial charge in [0.05, 0.1) is 31.1 Å². The van der Waals surface area contributed by atoms with Crippen molar-refractivity contribution in [3.05, 3.63) is 55.6 Å². The van der Waals surface area contributed by atoms with Gasteiger partial charge in [-0.3, -0.25) is 9.89 Å². The Bertz CT molecular complexity index is 973. The Labute approximate surface area is 150 Å². The van der Waals surface area contributed by atoms with Crippen LogP contribution in [-0.2, 0) is 11.3 Å². The number of aromatic nitrogens is 3. The maximum Gasteiger partial charge on any atom is 0.286 e. The number of fused-ring (bicyclic) bond motifs is 1. The molecule has 0 unspecified atom stereocenters. The molecule has 2 aromatic heterocycles. The number of rotatable bonds is 5. The molecule has 1 aromatic carbocycles. The van der Waals surface area contributed by atoms with E-state index in [0.29, 0.717) is 20.5 Å². The van der Waals surface area contributed by atoms with E-state index >= 15 is 0 Å². The minimum absolute atomic E-state index is 0.101. The summed E-state index contributed by atoms with van der Waals surface area (Å²) in [6.07, 6.45) is 0. The van der Waals surface area contributed by atoms with Crippen molar-refractivity contribution < 1.29 is 9.84 Å². The van der Waals surface area contributed by atoms with E-state index in [9.17, 15) is 10.1 Å². The van der Waals surface area contributed by atoms with Crippen LogP contribution in [0.3, 0.4) is 0 Å². The molecule has 0 aliphatic carbocycles. The fourth-order valence-corrected chi connectivity index (χ4v) is 2.90. The van der Waals surface area contributed by atoms with Gasteiger partial charge in [-0.15, -0.1) is 0 Å². The molecule has 2 N–H and O–H groups in total. The van der Waals surface area contributed by atoms with Gasteiger partial charge >= 0.3 is 0 Å². The third-order valence-corrected chi connectivity index (χ3v) is 4.53. The van der Waals surface area contributed by atoms with Crippen molar-refractivity contribution in [2.24, 2.45) is 0 Å². The molecule has 0 saturated heterocycles. The molecule has 0 aliphatic rings. The molecule has 2 heterocycles. The highest BCUT2D eigenvalue weighted by atomic mass is 127. The largest absolute Gasteiger partial charge is 0.394 e. The lowest BCUT2D eigenvalue weighted by Gasteiger charge is -2.06. The summed E-state index contributed by atoms with van der Waals surface area (Å²) in [7, 11) is 0. The van der Waals surface area contributed by atoms with Crippen LogP contribution >= 0.6 is 22.6 Å². The molecule has 0 fully saturated rings. The average molecular weight is 436 g/mol. The van der Waals surface area contributed by atoms with Gasteiger partial charge in [0, 0.05) is 0 Å². The van der Waals surface area contributed by atoms with E-state index in [4.69, 9.17) is 9.84 Å². The van der Waals surface area contributed by atoms with Crippen molar-refractivity contribution >= 4 is 28.2 Å². The summed E-state index contributed by atoms with van der Waals surface area (Å²) in [4.78, 5) is 17.1. The fourth-order valence-electron chi connectivity index (χ4n) is 2.38. The van der Waals surface area contributed by atoms with Crippen LogP contribution in [0.25, 0.3) is 16.8 Å². The van der Waals surface area contributed by atoms with Gasteiger partial charge in [0.25, 0.3) is 5.56 Å². The molecule has 7 nitrogen and oxygen atoms in total. The number of aromatic amines is 1. The first-order valence-electron chi connectivity index (χ1n) is 7.14. The number of H-pyrrole nitrogens is 1. The van der Waals surface area contributed by atoms with Crippen molar-refractivity contribution in [2.45, 2.75) is 6.61 Å². The van der Waals surface area contributed by atoms with Crippen molar-refractivity contribution in [2.75, 3.05) is 13.2 Å². The lowest BCUT2D eigenvalue weighted by molar-refractivity contribution is 0.0793. The number of aliphatic hydroxyl groups is 1. The van der Waals surface area contributed by atoms with Gasteiger partial charge in [-0.25, -0.2) is 4.98 Å². The third kappa shape index (κ3) is 2.93. The van der Waals surface area contributed by atoms with E-state index < -0.39 is 0 Å². The number of nitrogens with zero attached hydrogens (tertiary/aromatic N) is 3. The second-order valence-electron chi connectivity index (χ2n) is 4.95. The van der Waals surface area contributed by atoms with Crippen molar-refractivity contribution in [1.82, 2.24) is 14.6 Å². The Morgan fingerprint density at radius 3 is 2.79 bits per heavy atom. The molecule has 0 radical (unpaired) electrons. The minimum atomic E-state index is -0.290. The summed E-state index contributed by atoms with van der Waals surface area (Å²) in [5.74, 6) is 0.